The summed E-state index contributed by atoms with van der Waals surface area (Å²) in [5.41, 5.74) is 6.58. The molecule has 1 aromatic rings. The van der Waals surface area contributed by atoms with Gasteiger partial charge in [-0.05, 0) is 18.9 Å². The maximum absolute atomic E-state index is 11.7. The lowest BCUT2D eigenvalue weighted by molar-refractivity contribution is -0.117. The standard InChI is InChI=1S/C11H20N4O/c1-3-8(6-12)5-10(16)14-11-9(4-2)7-13-15-11/h7-8H,3-6,12H2,1-2H3,(H2,13,14,15,16). The van der Waals surface area contributed by atoms with E-state index in [1.54, 1.807) is 6.20 Å². The first kappa shape index (κ1) is 12.7. The summed E-state index contributed by atoms with van der Waals surface area (Å²) in [6.07, 6.45) is 3.97. The van der Waals surface area contributed by atoms with Crippen LogP contribution in [0.1, 0.15) is 32.3 Å². The molecule has 1 heterocycles. The molecule has 1 aromatic heterocycles. The Hall–Kier alpha value is -1.36. The fraction of sp³-hybridized carbons (Fsp3) is 0.636. The first-order valence-electron chi connectivity index (χ1n) is 5.73. The van der Waals surface area contributed by atoms with Crippen LogP contribution in [0.4, 0.5) is 5.82 Å². The van der Waals surface area contributed by atoms with Crippen molar-refractivity contribution >= 4 is 11.7 Å². The van der Waals surface area contributed by atoms with E-state index in [0.29, 0.717) is 18.8 Å². The van der Waals surface area contributed by atoms with Crippen molar-refractivity contribution in [3.63, 3.8) is 0 Å². The molecule has 4 N–H and O–H groups in total. The summed E-state index contributed by atoms with van der Waals surface area (Å²) in [6.45, 7) is 4.61. The van der Waals surface area contributed by atoms with Crippen molar-refractivity contribution in [1.82, 2.24) is 10.2 Å². The molecule has 0 aliphatic carbocycles. The zero-order valence-corrected chi connectivity index (χ0v) is 9.92. The zero-order valence-electron chi connectivity index (χ0n) is 9.92. The number of nitrogens with one attached hydrogen (secondary N) is 2. The van der Waals surface area contributed by atoms with Gasteiger partial charge in [-0.1, -0.05) is 20.3 Å². The fourth-order valence-corrected chi connectivity index (χ4v) is 1.53. The minimum absolute atomic E-state index is 0.00347. The monoisotopic (exact) mass is 224 g/mol. The number of rotatable bonds is 6. The number of hydrogen-bond acceptors (Lipinski definition) is 3. The largest absolute Gasteiger partial charge is 0.330 e. The van der Waals surface area contributed by atoms with Crippen LogP contribution in [0.2, 0.25) is 0 Å². The van der Waals surface area contributed by atoms with E-state index >= 15 is 0 Å². The van der Waals surface area contributed by atoms with Gasteiger partial charge in [-0.25, -0.2) is 0 Å². The van der Waals surface area contributed by atoms with E-state index in [-0.39, 0.29) is 11.8 Å². The Kier molecular flexibility index (Phi) is 4.98. The number of aromatic nitrogens is 2. The van der Waals surface area contributed by atoms with Gasteiger partial charge in [0, 0.05) is 12.0 Å². The lowest BCUT2D eigenvalue weighted by Crippen LogP contribution is -2.22. The summed E-state index contributed by atoms with van der Waals surface area (Å²) in [4.78, 5) is 11.7. The van der Waals surface area contributed by atoms with E-state index in [4.69, 9.17) is 5.73 Å². The van der Waals surface area contributed by atoms with Gasteiger partial charge in [0.15, 0.2) is 0 Å². The highest BCUT2D eigenvalue weighted by Crippen LogP contribution is 2.13. The Labute approximate surface area is 95.8 Å². The molecule has 0 saturated heterocycles. The van der Waals surface area contributed by atoms with E-state index in [0.717, 1.165) is 18.4 Å². The third-order valence-electron chi connectivity index (χ3n) is 2.75. The molecule has 90 valence electrons. The Morgan fingerprint density at radius 3 is 2.94 bits per heavy atom. The van der Waals surface area contributed by atoms with Crippen LogP contribution in [0.25, 0.3) is 0 Å². The number of nitrogens with zero attached hydrogens (tertiary/aromatic N) is 1. The number of aryl methyl sites for hydroxylation is 1. The molecular weight excluding hydrogens is 204 g/mol. The molecule has 0 aliphatic heterocycles. The average Bonchev–Trinajstić information content (AvgIpc) is 2.73. The van der Waals surface area contributed by atoms with Crippen molar-refractivity contribution in [3.8, 4) is 0 Å². The molecule has 5 heteroatoms. The highest BCUT2D eigenvalue weighted by molar-refractivity contribution is 5.90. The zero-order chi connectivity index (χ0) is 12.0. The molecule has 0 aromatic carbocycles. The average molecular weight is 224 g/mol. The number of aromatic amines is 1. The van der Waals surface area contributed by atoms with Crippen molar-refractivity contribution in [1.29, 1.82) is 0 Å². The molecule has 0 aliphatic rings. The minimum Gasteiger partial charge on any atom is -0.330 e. The lowest BCUT2D eigenvalue weighted by atomic mass is 10.0. The van der Waals surface area contributed by atoms with Crippen LogP contribution in [-0.2, 0) is 11.2 Å². The highest BCUT2D eigenvalue weighted by atomic mass is 16.1. The van der Waals surface area contributed by atoms with Crippen molar-refractivity contribution in [2.75, 3.05) is 11.9 Å². The molecule has 0 fully saturated rings. The van der Waals surface area contributed by atoms with Crippen LogP contribution in [0.5, 0.6) is 0 Å². The molecule has 16 heavy (non-hydrogen) atoms. The van der Waals surface area contributed by atoms with Crippen LogP contribution in [0.3, 0.4) is 0 Å². The molecule has 0 saturated carbocycles. The summed E-state index contributed by atoms with van der Waals surface area (Å²) < 4.78 is 0. The van der Waals surface area contributed by atoms with Gasteiger partial charge in [-0.2, -0.15) is 5.10 Å². The minimum atomic E-state index is -0.00347. The Morgan fingerprint density at radius 1 is 1.62 bits per heavy atom. The molecule has 0 bridgehead atoms. The predicted octanol–water partition coefficient (Wildman–Crippen LogP) is 1.29. The van der Waals surface area contributed by atoms with Crippen LogP contribution in [0.15, 0.2) is 6.20 Å². The van der Waals surface area contributed by atoms with Gasteiger partial charge in [0.1, 0.15) is 5.82 Å². The van der Waals surface area contributed by atoms with Crippen molar-refractivity contribution < 1.29 is 4.79 Å². The molecule has 0 spiro atoms. The van der Waals surface area contributed by atoms with E-state index < -0.39 is 0 Å². The van der Waals surface area contributed by atoms with Gasteiger partial charge < -0.3 is 11.1 Å². The first-order valence-corrected chi connectivity index (χ1v) is 5.73. The van der Waals surface area contributed by atoms with Crippen LogP contribution >= 0.6 is 0 Å². The molecule has 1 amide bonds. The van der Waals surface area contributed by atoms with Gasteiger partial charge in [-0.15, -0.1) is 0 Å². The molecule has 1 rings (SSSR count). The van der Waals surface area contributed by atoms with E-state index in [1.165, 1.54) is 0 Å². The second kappa shape index (κ2) is 6.27. The summed E-state index contributed by atoms with van der Waals surface area (Å²) in [7, 11) is 0. The van der Waals surface area contributed by atoms with Crippen molar-refractivity contribution in [3.05, 3.63) is 11.8 Å². The number of carbonyl (C=O) groups excluding carboxylic acids is 1. The number of hydrogen-bond donors (Lipinski definition) is 3. The van der Waals surface area contributed by atoms with Crippen molar-refractivity contribution in [2.24, 2.45) is 11.7 Å². The summed E-state index contributed by atoms with van der Waals surface area (Å²) in [6, 6.07) is 0. The molecule has 1 atom stereocenters. The number of carbonyl (C=O) groups is 1. The molecule has 1 unspecified atom stereocenters. The number of amides is 1. The summed E-state index contributed by atoms with van der Waals surface area (Å²) >= 11 is 0. The SMILES string of the molecule is CCc1cn[nH]c1NC(=O)CC(CC)CN. The lowest BCUT2D eigenvalue weighted by Gasteiger charge is -2.11. The Bertz CT molecular complexity index is 330. The maximum atomic E-state index is 11.7. The van der Waals surface area contributed by atoms with Gasteiger partial charge in [0.2, 0.25) is 5.91 Å². The van der Waals surface area contributed by atoms with E-state index in [1.807, 2.05) is 13.8 Å². The predicted molar refractivity (Wildman–Crippen MR) is 64.0 cm³/mol. The second-order valence-electron chi connectivity index (χ2n) is 3.89. The maximum Gasteiger partial charge on any atom is 0.225 e. The number of nitrogens with two attached hydrogens (primary N) is 1. The summed E-state index contributed by atoms with van der Waals surface area (Å²) in [5.74, 6) is 0.962. The molecular formula is C11H20N4O. The van der Waals surface area contributed by atoms with Crippen LogP contribution in [0, 0.1) is 5.92 Å². The molecule has 5 nitrogen and oxygen atoms in total. The van der Waals surface area contributed by atoms with Crippen molar-refractivity contribution in [2.45, 2.75) is 33.1 Å². The van der Waals surface area contributed by atoms with Crippen LogP contribution in [-0.4, -0.2) is 22.6 Å². The second-order valence-corrected chi connectivity index (χ2v) is 3.89. The van der Waals surface area contributed by atoms with Gasteiger partial charge in [0.25, 0.3) is 0 Å². The number of anilines is 1. The van der Waals surface area contributed by atoms with Gasteiger partial charge >= 0.3 is 0 Å². The highest BCUT2D eigenvalue weighted by Gasteiger charge is 2.12. The third-order valence-corrected chi connectivity index (χ3v) is 2.75. The Balaban J connectivity index is 2.51. The van der Waals surface area contributed by atoms with Gasteiger partial charge in [0.05, 0.1) is 6.20 Å². The van der Waals surface area contributed by atoms with E-state index in [9.17, 15) is 4.79 Å². The molecule has 0 radical (unpaired) electrons. The topological polar surface area (TPSA) is 83.8 Å². The fourth-order valence-electron chi connectivity index (χ4n) is 1.53. The Morgan fingerprint density at radius 2 is 2.38 bits per heavy atom. The normalized spacial score (nSPS) is 12.4. The quantitative estimate of drug-likeness (QED) is 0.680. The summed E-state index contributed by atoms with van der Waals surface area (Å²) in [5, 5.41) is 9.51. The number of H-pyrrole nitrogens is 1. The smallest absolute Gasteiger partial charge is 0.225 e. The van der Waals surface area contributed by atoms with Gasteiger partial charge in [-0.3, -0.25) is 9.89 Å². The van der Waals surface area contributed by atoms with Crippen LogP contribution < -0.4 is 11.1 Å². The van der Waals surface area contributed by atoms with E-state index in [2.05, 4.69) is 15.5 Å². The third kappa shape index (κ3) is 3.34. The first-order chi connectivity index (χ1) is 7.71.